The molecule has 3 heterocycles. The number of furan rings is 1. The van der Waals surface area contributed by atoms with Crippen LogP contribution in [0.2, 0.25) is 0 Å². The van der Waals surface area contributed by atoms with Gasteiger partial charge in [0.1, 0.15) is 11.2 Å². The molecule has 54 heavy (non-hydrogen) atoms. The summed E-state index contributed by atoms with van der Waals surface area (Å²) in [5, 5.41) is 8.31. The average molecular weight is 707 g/mol. The van der Waals surface area contributed by atoms with Gasteiger partial charge in [0.25, 0.3) is 0 Å². The zero-order valence-electron chi connectivity index (χ0n) is 29.0. The minimum atomic E-state index is 0.641. The molecular weight excluding hydrogens is 677 g/mol. The monoisotopic (exact) mass is 706 g/mol. The van der Waals surface area contributed by atoms with Crippen molar-refractivity contribution in [2.75, 3.05) is 0 Å². The van der Waals surface area contributed by atoms with Crippen LogP contribution in [0.3, 0.4) is 0 Å². The zero-order valence-corrected chi connectivity index (χ0v) is 29.8. The number of benzene rings is 8. The van der Waals surface area contributed by atoms with Crippen molar-refractivity contribution in [3.63, 3.8) is 0 Å². The van der Waals surface area contributed by atoms with Gasteiger partial charge in [0.15, 0.2) is 5.82 Å². The highest BCUT2D eigenvalue weighted by atomic mass is 32.1. The smallest absolute Gasteiger partial charge is 0.164 e. The Labute approximate surface area is 315 Å². The van der Waals surface area contributed by atoms with Crippen molar-refractivity contribution in [3.8, 4) is 55.5 Å². The van der Waals surface area contributed by atoms with Crippen LogP contribution in [0.5, 0.6) is 0 Å². The number of nitrogens with zero attached hydrogens (tertiary/aromatic N) is 2. The van der Waals surface area contributed by atoms with Gasteiger partial charge in [-0.1, -0.05) is 152 Å². The molecule has 0 fully saturated rings. The van der Waals surface area contributed by atoms with Crippen LogP contribution < -0.4 is 0 Å². The van der Waals surface area contributed by atoms with E-state index in [1.807, 2.05) is 18.2 Å². The van der Waals surface area contributed by atoms with Crippen LogP contribution >= 0.6 is 11.3 Å². The molecule has 11 rings (SSSR count). The summed E-state index contributed by atoms with van der Waals surface area (Å²) >= 11 is 1.75. The fourth-order valence-corrected chi connectivity index (χ4v) is 9.06. The van der Waals surface area contributed by atoms with Gasteiger partial charge >= 0.3 is 0 Å². The largest absolute Gasteiger partial charge is 0.455 e. The van der Waals surface area contributed by atoms with E-state index in [2.05, 4.69) is 164 Å². The summed E-state index contributed by atoms with van der Waals surface area (Å²) in [7, 11) is 0. The summed E-state index contributed by atoms with van der Waals surface area (Å²) in [5.74, 6) is 0.641. The molecule has 0 saturated carbocycles. The summed E-state index contributed by atoms with van der Waals surface area (Å²) in [6, 6.07) is 64.5. The van der Waals surface area contributed by atoms with Gasteiger partial charge in [-0.25, -0.2) is 9.97 Å². The second-order valence-corrected chi connectivity index (χ2v) is 14.8. The van der Waals surface area contributed by atoms with Crippen molar-refractivity contribution in [3.05, 3.63) is 182 Å². The molecule has 0 unspecified atom stereocenters. The van der Waals surface area contributed by atoms with E-state index < -0.39 is 0 Å². The van der Waals surface area contributed by atoms with Crippen molar-refractivity contribution in [2.24, 2.45) is 0 Å². The Morgan fingerprint density at radius 3 is 1.67 bits per heavy atom. The quantitative estimate of drug-likeness (QED) is 0.167. The Hall–Kier alpha value is -6.88. The molecule has 0 bridgehead atoms. The fourth-order valence-electron chi connectivity index (χ4n) is 8.04. The normalized spacial score (nSPS) is 11.7. The van der Waals surface area contributed by atoms with Crippen LogP contribution in [-0.2, 0) is 0 Å². The molecule has 0 radical (unpaired) electrons. The highest BCUT2D eigenvalue weighted by molar-refractivity contribution is 7.22. The zero-order chi connectivity index (χ0) is 35.6. The molecule has 0 atom stereocenters. The molecule has 0 amide bonds. The van der Waals surface area contributed by atoms with Crippen LogP contribution in [0.4, 0.5) is 0 Å². The van der Waals surface area contributed by atoms with Crippen LogP contribution in [0.15, 0.2) is 186 Å². The summed E-state index contributed by atoms with van der Waals surface area (Å²) in [4.78, 5) is 11.6. The summed E-state index contributed by atoms with van der Waals surface area (Å²) in [6.45, 7) is 0. The lowest BCUT2D eigenvalue weighted by Crippen LogP contribution is -1.95. The first-order chi connectivity index (χ1) is 26.8. The lowest BCUT2D eigenvalue weighted by atomic mass is 9.86. The van der Waals surface area contributed by atoms with Gasteiger partial charge in [-0.05, 0) is 79.5 Å². The van der Waals surface area contributed by atoms with E-state index in [4.69, 9.17) is 14.4 Å². The van der Waals surface area contributed by atoms with E-state index in [-0.39, 0.29) is 0 Å². The number of fused-ring (bicyclic) bond motifs is 6. The third kappa shape index (κ3) is 4.96. The van der Waals surface area contributed by atoms with Crippen molar-refractivity contribution in [1.82, 2.24) is 9.97 Å². The number of rotatable bonds is 5. The molecule has 0 N–H and O–H groups in total. The van der Waals surface area contributed by atoms with E-state index in [1.54, 1.807) is 11.3 Å². The van der Waals surface area contributed by atoms with Crippen LogP contribution in [-0.4, -0.2) is 9.97 Å². The maximum atomic E-state index is 6.47. The maximum absolute atomic E-state index is 6.47. The molecule has 11 aromatic rings. The Morgan fingerprint density at radius 2 is 0.963 bits per heavy atom. The van der Waals surface area contributed by atoms with Crippen molar-refractivity contribution >= 4 is 64.9 Å². The van der Waals surface area contributed by atoms with Gasteiger partial charge in [0.2, 0.25) is 0 Å². The highest BCUT2D eigenvalue weighted by Gasteiger charge is 2.19. The van der Waals surface area contributed by atoms with Crippen molar-refractivity contribution < 1.29 is 4.42 Å². The lowest BCUT2D eigenvalue weighted by Gasteiger charge is -2.18. The average Bonchev–Trinajstić information content (AvgIpc) is 3.85. The van der Waals surface area contributed by atoms with E-state index in [9.17, 15) is 0 Å². The molecule has 0 aliphatic rings. The van der Waals surface area contributed by atoms with E-state index >= 15 is 0 Å². The molecule has 252 valence electrons. The predicted octanol–water partition coefficient (Wildman–Crippen LogP) is 14.2. The van der Waals surface area contributed by atoms with Crippen molar-refractivity contribution in [1.29, 1.82) is 0 Å². The Morgan fingerprint density at radius 1 is 0.407 bits per heavy atom. The number of thiophene rings is 1. The van der Waals surface area contributed by atoms with Gasteiger partial charge < -0.3 is 4.42 Å². The number of hydrogen-bond donors (Lipinski definition) is 0. The van der Waals surface area contributed by atoms with E-state index in [0.717, 1.165) is 54.9 Å². The maximum Gasteiger partial charge on any atom is 0.164 e. The second-order valence-electron chi connectivity index (χ2n) is 13.7. The summed E-state index contributed by atoms with van der Waals surface area (Å²) in [6.07, 6.45) is 0. The summed E-state index contributed by atoms with van der Waals surface area (Å²) in [5.41, 5.74) is 10.2. The lowest BCUT2D eigenvalue weighted by molar-refractivity contribution is 0.669. The molecule has 0 aliphatic heterocycles. The van der Waals surface area contributed by atoms with E-state index in [1.165, 1.54) is 48.3 Å². The molecular formula is C50H30N2OS. The first kappa shape index (κ1) is 30.7. The Bertz CT molecular complexity index is 3120. The third-order valence-electron chi connectivity index (χ3n) is 10.5. The van der Waals surface area contributed by atoms with Gasteiger partial charge in [-0.3, -0.25) is 0 Å². The molecule has 8 aromatic carbocycles. The van der Waals surface area contributed by atoms with Crippen LogP contribution in [0, 0.1) is 0 Å². The van der Waals surface area contributed by atoms with Crippen LogP contribution in [0.25, 0.3) is 109 Å². The predicted molar refractivity (Wildman–Crippen MR) is 227 cm³/mol. The second kappa shape index (κ2) is 12.4. The minimum absolute atomic E-state index is 0.641. The molecule has 0 saturated heterocycles. The standard InChI is InChI=1S/C50H30N2OS/c1-2-13-32(14-3-1)47-36-17-5-7-19-38(36)48(39-20-8-6-18-37(39)47)33-27-25-31(26-28-33)42-30-43(46-29-34-15-4-11-24-45(34)54-46)52-50(51-42)41-22-12-21-40-35-16-9-10-23-44(35)53-49(40)41/h1-30H. The third-order valence-corrected chi connectivity index (χ3v) is 11.7. The van der Waals surface area contributed by atoms with Crippen molar-refractivity contribution in [2.45, 2.75) is 0 Å². The SMILES string of the molecule is c1ccc(-c2c3ccccc3c(-c3ccc(-c4cc(-c5cc6ccccc6s5)nc(-c5cccc6c5oc5ccccc56)n4)cc3)c3ccccc23)cc1. The number of hydrogen-bond acceptors (Lipinski definition) is 4. The number of para-hydroxylation sites is 2. The minimum Gasteiger partial charge on any atom is -0.455 e. The van der Waals surface area contributed by atoms with E-state index in [0.29, 0.717) is 5.82 Å². The molecule has 3 aromatic heterocycles. The molecule has 0 aliphatic carbocycles. The van der Waals surface area contributed by atoms with Gasteiger partial charge in [-0.2, -0.15) is 0 Å². The topological polar surface area (TPSA) is 38.9 Å². The van der Waals surface area contributed by atoms with Gasteiger partial charge in [0.05, 0.1) is 21.8 Å². The van der Waals surface area contributed by atoms with Crippen LogP contribution in [0.1, 0.15) is 0 Å². The highest BCUT2D eigenvalue weighted by Crippen LogP contribution is 2.44. The Kier molecular flexibility index (Phi) is 7.04. The van der Waals surface area contributed by atoms with Gasteiger partial charge in [0, 0.05) is 21.0 Å². The first-order valence-corrected chi connectivity index (χ1v) is 19.0. The first-order valence-electron chi connectivity index (χ1n) is 18.2. The fraction of sp³-hybridized carbons (Fsp3) is 0. The van der Waals surface area contributed by atoms with Gasteiger partial charge in [-0.15, -0.1) is 11.3 Å². The molecule has 3 nitrogen and oxygen atoms in total. The molecule has 0 spiro atoms. The Balaban J connectivity index is 1.09. The molecule has 4 heteroatoms. The number of aromatic nitrogens is 2. The summed E-state index contributed by atoms with van der Waals surface area (Å²) < 4.78 is 7.70.